The van der Waals surface area contributed by atoms with E-state index in [9.17, 15) is 9.59 Å². The zero-order chi connectivity index (χ0) is 18.7. The number of aromatic nitrogens is 2. The molecule has 0 radical (unpaired) electrons. The highest BCUT2D eigenvalue weighted by Crippen LogP contribution is 2.23. The Hall–Kier alpha value is -2.96. The number of hydrogen-bond donors (Lipinski definition) is 2. The molecule has 2 amide bonds. The monoisotopic (exact) mass is 353 g/mol. The summed E-state index contributed by atoms with van der Waals surface area (Å²) in [5.41, 5.74) is 8.21. The van der Waals surface area contributed by atoms with Crippen molar-refractivity contribution in [3.8, 4) is 0 Å². The minimum atomic E-state index is -0.483. The van der Waals surface area contributed by atoms with Gasteiger partial charge in [0.1, 0.15) is 0 Å². The summed E-state index contributed by atoms with van der Waals surface area (Å²) in [4.78, 5) is 34.7. The highest BCUT2D eigenvalue weighted by atomic mass is 16.2. The van der Waals surface area contributed by atoms with Crippen molar-refractivity contribution in [3.63, 3.8) is 0 Å². The lowest BCUT2D eigenvalue weighted by molar-refractivity contribution is -0.120. The average molecular weight is 353 g/mol. The fraction of sp³-hybridized carbons (Fsp3) is 0.368. The van der Waals surface area contributed by atoms with E-state index in [2.05, 4.69) is 20.2 Å². The van der Waals surface area contributed by atoms with Gasteiger partial charge in [-0.15, -0.1) is 0 Å². The number of nitrogens with two attached hydrogens (primary N) is 1. The number of hydrogen-bond acceptors (Lipinski definition) is 5. The lowest BCUT2D eigenvalue weighted by atomic mass is 9.96. The maximum absolute atomic E-state index is 12.5. The summed E-state index contributed by atoms with van der Waals surface area (Å²) in [6, 6.07) is 8.55. The largest absolute Gasteiger partial charge is 0.366 e. The van der Waals surface area contributed by atoms with Crippen LogP contribution >= 0.6 is 0 Å². The van der Waals surface area contributed by atoms with Crippen LogP contribution in [-0.2, 0) is 4.79 Å². The van der Waals surface area contributed by atoms with Gasteiger partial charge in [0.2, 0.25) is 17.8 Å². The molecule has 0 aliphatic carbocycles. The van der Waals surface area contributed by atoms with Crippen molar-refractivity contribution in [3.05, 3.63) is 47.3 Å². The Bertz CT molecular complexity index is 791. The van der Waals surface area contributed by atoms with Gasteiger partial charge in [0, 0.05) is 41.6 Å². The van der Waals surface area contributed by atoms with E-state index in [0.717, 1.165) is 43.3 Å². The van der Waals surface area contributed by atoms with Crippen LogP contribution in [0.2, 0.25) is 0 Å². The van der Waals surface area contributed by atoms with Crippen LogP contribution in [0.4, 0.5) is 11.6 Å². The summed E-state index contributed by atoms with van der Waals surface area (Å²) < 4.78 is 0. The van der Waals surface area contributed by atoms with E-state index >= 15 is 0 Å². The molecule has 136 valence electrons. The lowest BCUT2D eigenvalue weighted by Crippen LogP contribution is -2.39. The van der Waals surface area contributed by atoms with Gasteiger partial charge in [0.05, 0.1) is 0 Å². The summed E-state index contributed by atoms with van der Waals surface area (Å²) in [5, 5.41) is 2.91. The molecule has 1 aliphatic heterocycles. The molecule has 0 atom stereocenters. The van der Waals surface area contributed by atoms with Crippen LogP contribution in [0.15, 0.2) is 30.3 Å². The molecule has 1 aromatic heterocycles. The number of carbonyl (C=O) groups is 2. The Morgan fingerprint density at radius 1 is 1.08 bits per heavy atom. The Morgan fingerprint density at radius 3 is 2.19 bits per heavy atom. The molecule has 2 aromatic rings. The number of piperidine rings is 1. The van der Waals surface area contributed by atoms with Gasteiger partial charge >= 0.3 is 0 Å². The standard InChI is InChI=1S/C19H23N5O2/c1-12-11-13(2)22-19(21-12)24-9-7-15(8-10-24)18(26)23-16-5-3-14(4-6-16)17(20)25/h3-6,11,15H,7-10H2,1-2H3,(H2,20,25)(H,23,26). The van der Waals surface area contributed by atoms with Gasteiger partial charge in [0.15, 0.2) is 0 Å². The maximum atomic E-state index is 12.5. The van der Waals surface area contributed by atoms with Crippen molar-refractivity contribution in [2.45, 2.75) is 26.7 Å². The first-order valence-electron chi connectivity index (χ1n) is 8.70. The van der Waals surface area contributed by atoms with Gasteiger partial charge < -0.3 is 16.0 Å². The predicted molar refractivity (Wildman–Crippen MR) is 100 cm³/mol. The van der Waals surface area contributed by atoms with Gasteiger partial charge in [-0.05, 0) is 57.0 Å². The van der Waals surface area contributed by atoms with E-state index in [-0.39, 0.29) is 11.8 Å². The number of primary amides is 1. The van der Waals surface area contributed by atoms with Gasteiger partial charge in [-0.3, -0.25) is 9.59 Å². The fourth-order valence-corrected chi connectivity index (χ4v) is 3.15. The van der Waals surface area contributed by atoms with Crippen molar-refractivity contribution >= 4 is 23.5 Å². The van der Waals surface area contributed by atoms with Crippen LogP contribution in [0.3, 0.4) is 0 Å². The second-order valence-corrected chi connectivity index (χ2v) is 6.64. The normalized spacial score (nSPS) is 14.9. The van der Waals surface area contributed by atoms with E-state index < -0.39 is 5.91 Å². The Balaban J connectivity index is 1.57. The van der Waals surface area contributed by atoms with E-state index in [1.165, 1.54) is 0 Å². The van der Waals surface area contributed by atoms with E-state index in [0.29, 0.717) is 11.3 Å². The molecule has 1 aliphatic rings. The molecule has 1 aromatic carbocycles. The van der Waals surface area contributed by atoms with E-state index in [4.69, 9.17) is 5.73 Å². The molecule has 7 heteroatoms. The van der Waals surface area contributed by atoms with Crippen LogP contribution < -0.4 is 16.0 Å². The first-order chi connectivity index (χ1) is 12.4. The number of anilines is 2. The fourth-order valence-electron chi connectivity index (χ4n) is 3.15. The minimum absolute atomic E-state index is 0.00202. The first-order valence-corrected chi connectivity index (χ1v) is 8.70. The molecule has 2 heterocycles. The lowest BCUT2D eigenvalue weighted by Gasteiger charge is -2.31. The van der Waals surface area contributed by atoms with Crippen LogP contribution in [0.5, 0.6) is 0 Å². The van der Waals surface area contributed by atoms with Crippen molar-refractivity contribution in [2.75, 3.05) is 23.3 Å². The van der Waals surface area contributed by atoms with Gasteiger partial charge in [-0.1, -0.05) is 0 Å². The maximum Gasteiger partial charge on any atom is 0.248 e. The van der Waals surface area contributed by atoms with Crippen molar-refractivity contribution in [1.82, 2.24) is 9.97 Å². The van der Waals surface area contributed by atoms with Crippen molar-refractivity contribution in [1.29, 1.82) is 0 Å². The number of nitrogens with zero attached hydrogens (tertiary/aromatic N) is 3. The third kappa shape index (κ3) is 4.17. The number of benzene rings is 1. The number of aryl methyl sites for hydroxylation is 2. The molecule has 0 saturated carbocycles. The van der Waals surface area contributed by atoms with Gasteiger partial charge in [-0.2, -0.15) is 0 Å². The van der Waals surface area contributed by atoms with Gasteiger partial charge in [-0.25, -0.2) is 9.97 Å². The molecule has 0 bridgehead atoms. The zero-order valence-corrected chi connectivity index (χ0v) is 15.0. The molecule has 3 rings (SSSR count). The summed E-state index contributed by atoms with van der Waals surface area (Å²) in [6.07, 6.45) is 1.50. The number of rotatable bonds is 4. The summed E-state index contributed by atoms with van der Waals surface area (Å²) in [5.74, 6) is 0.207. The minimum Gasteiger partial charge on any atom is -0.366 e. The van der Waals surface area contributed by atoms with Crippen LogP contribution in [-0.4, -0.2) is 34.9 Å². The smallest absolute Gasteiger partial charge is 0.248 e. The number of amides is 2. The quantitative estimate of drug-likeness (QED) is 0.876. The third-order valence-electron chi connectivity index (χ3n) is 4.56. The molecule has 3 N–H and O–H groups in total. The topological polar surface area (TPSA) is 101 Å². The van der Waals surface area contributed by atoms with E-state index in [1.54, 1.807) is 24.3 Å². The molecule has 0 spiro atoms. The number of carbonyl (C=O) groups excluding carboxylic acids is 2. The molecule has 26 heavy (non-hydrogen) atoms. The SMILES string of the molecule is Cc1cc(C)nc(N2CCC(C(=O)Nc3ccc(C(N)=O)cc3)CC2)n1. The second-order valence-electron chi connectivity index (χ2n) is 6.64. The Labute approximate surface area is 152 Å². The highest BCUT2D eigenvalue weighted by Gasteiger charge is 2.26. The van der Waals surface area contributed by atoms with E-state index in [1.807, 2.05) is 19.9 Å². The van der Waals surface area contributed by atoms with Crippen LogP contribution in [0, 0.1) is 19.8 Å². The molecule has 1 fully saturated rings. The summed E-state index contributed by atoms with van der Waals surface area (Å²) in [7, 11) is 0. The van der Waals surface area contributed by atoms with Crippen molar-refractivity contribution in [2.24, 2.45) is 11.7 Å². The zero-order valence-electron chi connectivity index (χ0n) is 15.0. The summed E-state index contributed by atoms with van der Waals surface area (Å²) in [6.45, 7) is 5.42. The van der Waals surface area contributed by atoms with Gasteiger partial charge in [0.25, 0.3) is 0 Å². The van der Waals surface area contributed by atoms with Crippen molar-refractivity contribution < 1.29 is 9.59 Å². The Kier molecular flexibility index (Phi) is 5.16. The highest BCUT2D eigenvalue weighted by molar-refractivity contribution is 5.95. The molecule has 1 saturated heterocycles. The van der Waals surface area contributed by atoms with Crippen LogP contribution in [0.25, 0.3) is 0 Å². The molecule has 0 unspecified atom stereocenters. The van der Waals surface area contributed by atoms with Crippen LogP contribution in [0.1, 0.15) is 34.6 Å². The second kappa shape index (κ2) is 7.51. The third-order valence-corrected chi connectivity index (χ3v) is 4.56. The molecular formula is C19H23N5O2. The Morgan fingerprint density at radius 2 is 1.65 bits per heavy atom. The predicted octanol–water partition coefficient (Wildman–Crippen LogP) is 2.05. The average Bonchev–Trinajstić information content (AvgIpc) is 2.61. The first kappa shape index (κ1) is 17.8. The molecule has 7 nitrogen and oxygen atoms in total. The summed E-state index contributed by atoms with van der Waals surface area (Å²) >= 11 is 0. The molecular weight excluding hydrogens is 330 g/mol. The number of nitrogens with one attached hydrogen (secondary N) is 1.